The Bertz CT molecular complexity index is 1210. The highest BCUT2D eigenvalue weighted by atomic mass is 19.1. The van der Waals surface area contributed by atoms with Gasteiger partial charge in [0.2, 0.25) is 5.43 Å². The van der Waals surface area contributed by atoms with Crippen LogP contribution in [0.2, 0.25) is 0 Å². The highest BCUT2D eigenvalue weighted by Gasteiger charge is 2.37. The van der Waals surface area contributed by atoms with Gasteiger partial charge in [-0.1, -0.05) is 12.1 Å². The van der Waals surface area contributed by atoms with Crippen molar-refractivity contribution in [2.24, 2.45) is 10.2 Å². The number of hydrogen-bond donors (Lipinski definition) is 1. The molecule has 2 aromatic rings. The summed E-state index contributed by atoms with van der Waals surface area (Å²) in [5, 5.41) is 17.4. The normalized spacial score (nSPS) is 17.7. The zero-order chi connectivity index (χ0) is 20.3. The Morgan fingerprint density at radius 1 is 1.14 bits per heavy atom. The molecule has 1 saturated carbocycles. The molecule has 0 radical (unpaired) electrons. The molecule has 3 aliphatic rings. The Morgan fingerprint density at radius 2 is 1.86 bits per heavy atom. The number of rotatable bonds is 3. The second kappa shape index (κ2) is 6.20. The van der Waals surface area contributed by atoms with E-state index in [0.717, 1.165) is 18.9 Å². The summed E-state index contributed by atoms with van der Waals surface area (Å²) in [4.78, 5) is 25.8. The fourth-order valence-corrected chi connectivity index (χ4v) is 3.60. The number of carboxylic acids is 1. The maximum Gasteiger partial charge on any atom is 0.341 e. The second-order valence-corrected chi connectivity index (χ2v) is 7.11. The minimum atomic E-state index is -1.35. The van der Waals surface area contributed by atoms with E-state index >= 15 is 0 Å². The Balaban J connectivity index is 1.69. The summed E-state index contributed by atoms with van der Waals surface area (Å²) >= 11 is 0. The van der Waals surface area contributed by atoms with Gasteiger partial charge in [0.15, 0.2) is 11.7 Å². The first-order valence-corrected chi connectivity index (χ1v) is 9.02. The van der Waals surface area contributed by atoms with Gasteiger partial charge in [0, 0.05) is 12.2 Å². The molecular weight excluding hydrogens is 382 g/mol. The van der Waals surface area contributed by atoms with Crippen molar-refractivity contribution in [3.05, 3.63) is 69.0 Å². The second-order valence-electron chi connectivity index (χ2n) is 7.11. The van der Waals surface area contributed by atoms with Crippen molar-refractivity contribution in [1.82, 2.24) is 4.57 Å². The lowest BCUT2D eigenvalue weighted by Gasteiger charge is -2.34. The number of carboxylic acid groups (broad SMARTS) is 1. The van der Waals surface area contributed by atoms with E-state index in [4.69, 9.17) is 0 Å². The molecule has 29 heavy (non-hydrogen) atoms. The van der Waals surface area contributed by atoms with E-state index in [2.05, 4.69) is 10.2 Å². The monoisotopic (exact) mass is 396 g/mol. The predicted octanol–water partition coefficient (Wildman–Crippen LogP) is 2.97. The number of benzene rings is 1. The summed E-state index contributed by atoms with van der Waals surface area (Å²) in [6, 6.07) is 5.72. The molecule has 1 aliphatic carbocycles. The summed E-state index contributed by atoms with van der Waals surface area (Å²) in [7, 11) is 0. The fourth-order valence-electron chi connectivity index (χ4n) is 3.60. The zero-order valence-corrected chi connectivity index (χ0v) is 15.0. The number of carbonyl (C=O) groups is 1. The van der Waals surface area contributed by atoms with E-state index in [0.29, 0.717) is 17.1 Å². The van der Waals surface area contributed by atoms with Gasteiger partial charge in [0.05, 0.1) is 17.8 Å². The van der Waals surface area contributed by atoms with Crippen LogP contribution in [-0.2, 0) is 0 Å². The number of amidine groups is 1. The molecule has 1 fully saturated rings. The molecule has 1 aromatic heterocycles. The number of anilines is 1. The van der Waals surface area contributed by atoms with Gasteiger partial charge in [-0.3, -0.25) is 4.79 Å². The third-order valence-corrected chi connectivity index (χ3v) is 5.16. The van der Waals surface area contributed by atoms with Crippen molar-refractivity contribution >= 4 is 29.4 Å². The molecule has 1 aromatic carbocycles. The molecular formula is C20H14F2N4O3. The first kappa shape index (κ1) is 17.5. The van der Waals surface area contributed by atoms with Gasteiger partial charge in [-0.25, -0.2) is 13.6 Å². The van der Waals surface area contributed by atoms with E-state index in [1.54, 1.807) is 16.7 Å². The van der Waals surface area contributed by atoms with Gasteiger partial charge >= 0.3 is 5.97 Å². The highest BCUT2D eigenvalue weighted by molar-refractivity contribution is 6.20. The molecule has 0 amide bonds. The van der Waals surface area contributed by atoms with E-state index in [-0.39, 0.29) is 24.0 Å². The van der Waals surface area contributed by atoms with Crippen molar-refractivity contribution in [2.45, 2.75) is 18.9 Å². The topological polar surface area (TPSA) is 87.3 Å². The standard InChI is InChI=1S/C20H14F2N4O3/c21-11-3-1-10(2-4-11)16-9-26-18(24-23-16)15(22)7-13-17(27)14(20(28)29)8-25(19(13)26)12-5-6-12/h1-4,7-8,12H,5-6,9H2,(H,28,29). The van der Waals surface area contributed by atoms with Gasteiger partial charge in [-0.2, -0.15) is 5.10 Å². The molecule has 1 N–H and O–H groups in total. The summed E-state index contributed by atoms with van der Waals surface area (Å²) < 4.78 is 29.7. The maximum atomic E-state index is 14.7. The first-order valence-electron chi connectivity index (χ1n) is 9.02. The van der Waals surface area contributed by atoms with Gasteiger partial charge in [0.1, 0.15) is 17.2 Å². The number of halogens is 2. The maximum absolute atomic E-state index is 14.7. The van der Waals surface area contributed by atoms with Gasteiger partial charge in [-0.05, 0) is 36.6 Å². The molecule has 5 rings (SSSR count). The molecule has 0 spiro atoms. The van der Waals surface area contributed by atoms with E-state index < -0.39 is 28.6 Å². The number of pyridine rings is 1. The van der Waals surface area contributed by atoms with Crippen LogP contribution < -0.4 is 10.3 Å². The largest absolute Gasteiger partial charge is 0.477 e. The minimum Gasteiger partial charge on any atom is -0.477 e. The van der Waals surface area contributed by atoms with Crippen LogP contribution in [0.1, 0.15) is 40.4 Å². The number of hydrogen-bond acceptors (Lipinski definition) is 5. The van der Waals surface area contributed by atoms with Crippen LogP contribution in [0.25, 0.3) is 6.08 Å². The predicted molar refractivity (Wildman–Crippen MR) is 103 cm³/mol. The Hall–Kier alpha value is -3.62. The van der Waals surface area contributed by atoms with Crippen LogP contribution in [-0.4, -0.2) is 33.7 Å². The van der Waals surface area contributed by atoms with Gasteiger partial charge < -0.3 is 14.6 Å². The van der Waals surface area contributed by atoms with Crippen LogP contribution in [0.5, 0.6) is 0 Å². The van der Waals surface area contributed by atoms with Crippen molar-refractivity contribution < 1.29 is 18.7 Å². The van der Waals surface area contributed by atoms with E-state index in [9.17, 15) is 23.5 Å². The quantitative estimate of drug-likeness (QED) is 0.864. The summed E-state index contributed by atoms with van der Waals surface area (Å²) in [6.07, 6.45) is 4.01. The Labute approximate surface area is 162 Å². The lowest BCUT2D eigenvalue weighted by atomic mass is 10.0. The van der Waals surface area contributed by atoms with Crippen LogP contribution in [0.3, 0.4) is 0 Å². The van der Waals surface area contributed by atoms with Crippen molar-refractivity contribution in [2.75, 3.05) is 11.4 Å². The number of aromatic carboxylic acids is 1. The van der Waals surface area contributed by atoms with E-state index in [1.165, 1.54) is 23.2 Å². The zero-order valence-electron chi connectivity index (χ0n) is 15.0. The third kappa shape index (κ3) is 2.77. The average Bonchev–Trinajstić information content (AvgIpc) is 3.54. The Morgan fingerprint density at radius 3 is 2.52 bits per heavy atom. The smallest absolute Gasteiger partial charge is 0.341 e. The van der Waals surface area contributed by atoms with Crippen molar-refractivity contribution in [3.63, 3.8) is 0 Å². The van der Waals surface area contributed by atoms with Crippen molar-refractivity contribution in [3.8, 4) is 0 Å². The third-order valence-electron chi connectivity index (χ3n) is 5.16. The summed E-state index contributed by atoms with van der Waals surface area (Å²) in [6.45, 7) is 0.108. The SMILES string of the molecule is O=C(O)c1cn(C2CC2)c2c(c1=O)C=C(F)C1=NN=C(c3ccc(F)cc3)CN12. The molecule has 0 atom stereocenters. The lowest BCUT2D eigenvalue weighted by molar-refractivity contribution is 0.0694. The molecule has 9 heteroatoms. The van der Waals surface area contributed by atoms with E-state index in [1.807, 2.05) is 0 Å². The summed E-state index contributed by atoms with van der Waals surface area (Å²) in [5.41, 5.74) is -0.0673. The van der Waals surface area contributed by atoms with Gasteiger partial charge in [-0.15, -0.1) is 5.10 Å². The molecule has 7 nitrogen and oxygen atoms in total. The first-order chi connectivity index (χ1) is 13.9. The van der Waals surface area contributed by atoms with Crippen LogP contribution in [0.4, 0.5) is 14.6 Å². The van der Waals surface area contributed by atoms with Crippen LogP contribution >= 0.6 is 0 Å². The van der Waals surface area contributed by atoms with Crippen LogP contribution in [0, 0.1) is 5.82 Å². The molecule has 0 bridgehead atoms. The van der Waals surface area contributed by atoms with Crippen molar-refractivity contribution in [1.29, 1.82) is 0 Å². The highest BCUT2D eigenvalue weighted by Crippen LogP contribution is 2.41. The Kier molecular flexibility index (Phi) is 3.73. The molecule has 3 heterocycles. The molecule has 0 unspecified atom stereocenters. The molecule has 0 saturated heterocycles. The fraction of sp³-hybridized carbons (Fsp3) is 0.200. The van der Waals surface area contributed by atoms with Crippen LogP contribution in [0.15, 0.2) is 51.3 Å². The lowest BCUT2D eigenvalue weighted by Crippen LogP contribution is -2.44. The number of aromatic nitrogens is 1. The molecule has 2 aliphatic heterocycles. The number of fused-ring (bicyclic) bond motifs is 3. The average molecular weight is 396 g/mol. The van der Waals surface area contributed by atoms with Gasteiger partial charge in [0.25, 0.3) is 0 Å². The minimum absolute atomic E-state index is 0.0198. The molecule has 146 valence electrons. The summed E-state index contributed by atoms with van der Waals surface area (Å²) in [5.74, 6) is -2.15. The number of nitrogens with zero attached hydrogens (tertiary/aromatic N) is 4.